The Morgan fingerprint density at radius 2 is 1.08 bits per heavy atom. The topological polar surface area (TPSA) is 23.8 Å². The first-order valence-corrected chi connectivity index (χ1v) is 4.80. The van der Waals surface area contributed by atoms with Crippen LogP contribution in [-0.4, -0.2) is 0 Å². The Balaban J connectivity index is 4.94. The summed E-state index contributed by atoms with van der Waals surface area (Å²) in [6.07, 6.45) is 0. The van der Waals surface area contributed by atoms with Crippen molar-refractivity contribution in [3.8, 4) is 6.07 Å². The van der Waals surface area contributed by atoms with Crippen molar-refractivity contribution in [1.82, 2.24) is 0 Å². The molecule has 0 aromatic heterocycles. The van der Waals surface area contributed by atoms with Crippen molar-refractivity contribution in [2.45, 2.75) is 41.5 Å². The van der Waals surface area contributed by atoms with Crippen LogP contribution < -0.4 is 0 Å². The molecule has 0 aliphatic carbocycles. The van der Waals surface area contributed by atoms with Gasteiger partial charge < -0.3 is 0 Å². The summed E-state index contributed by atoms with van der Waals surface area (Å²) in [5, 5.41) is 9.24. The molecule has 0 radical (unpaired) electrons. The third-order valence-electron chi connectivity index (χ3n) is 3.06. The maximum absolute atomic E-state index is 9.24. The molecule has 0 N–H and O–H groups in total. The molecule has 70 valence electrons. The fraction of sp³-hybridized carbons (Fsp3) is 0.909. The van der Waals surface area contributed by atoms with Crippen LogP contribution in [0.25, 0.3) is 0 Å². The van der Waals surface area contributed by atoms with Crippen LogP contribution in [0, 0.1) is 34.5 Å². The molecule has 0 aromatic carbocycles. The van der Waals surface area contributed by atoms with Gasteiger partial charge in [0, 0.05) is 0 Å². The van der Waals surface area contributed by atoms with Gasteiger partial charge in [0.05, 0.1) is 11.5 Å². The van der Waals surface area contributed by atoms with E-state index < -0.39 is 0 Å². The zero-order valence-electron chi connectivity index (χ0n) is 9.18. The quantitative estimate of drug-likeness (QED) is 0.631. The highest BCUT2D eigenvalue weighted by atomic mass is 14.5. The second-order valence-electron chi connectivity index (χ2n) is 4.51. The summed E-state index contributed by atoms with van der Waals surface area (Å²) in [5.74, 6) is 1.30. The van der Waals surface area contributed by atoms with E-state index in [9.17, 15) is 5.26 Å². The molecule has 0 heterocycles. The number of nitrogens with zero attached hydrogens (tertiary/aromatic N) is 1. The molecule has 1 nitrogen and oxygen atoms in total. The Labute approximate surface area is 76.8 Å². The zero-order valence-corrected chi connectivity index (χ0v) is 9.18. The highest BCUT2D eigenvalue weighted by Crippen LogP contribution is 2.41. The summed E-state index contributed by atoms with van der Waals surface area (Å²) < 4.78 is 0. The molecule has 0 spiro atoms. The van der Waals surface area contributed by atoms with Crippen molar-refractivity contribution in [1.29, 1.82) is 5.26 Å². The van der Waals surface area contributed by atoms with Crippen LogP contribution in [0.5, 0.6) is 0 Å². The van der Waals surface area contributed by atoms with Crippen molar-refractivity contribution in [3.05, 3.63) is 0 Å². The molecule has 0 saturated heterocycles. The molecule has 0 bridgehead atoms. The Morgan fingerprint density at radius 1 is 0.833 bits per heavy atom. The van der Waals surface area contributed by atoms with Crippen molar-refractivity contribution in [2.24, 2.45) is 23.2 Å². The summed E-state index contributed by atoms with van der Waals surface area (Å²) in [5.41, 5.74) is -0.153. The summed E-state index contributed by atoms with van der Waals surface area (Å²) in [7, 11) is 0. The largest absolute Gasteiger partial charge is 0.198 e. The maximum atomic E-state index is 9.24. The van der Waals surface area contributed by atoms with Crippen LogP contribution in [0.15, 0.2) is 0 Å². The lowest BCUT2D eigenvalue weighted by atomic mass is 9.63. The first-order chi connectivity index (χ1) is 5.39. The summed E-state index contributed by atoms with van der Waals surface area (Å²) in [6, 6.07) is 2.51. The van der Waals surface area contributed by atoms with E-state index in [1.807, 2.05) is 0 Å². The van der Waals surface area contributed by atoms with Crippen LogP contribution in [0.1, 0.15) is 41.5 Å². The fourth-order valence-electron chi connectivity index (χ4n) is 2.39. The molecule has 0 amide bonds. The van der Waals surface area contributed by atoms with E-state index in [1.165, 1.54) is 0 Å². The van der Waals surface area contributed by atoms with Gasteiger partial charge >= 0.3 is 0 Å². The molecule has 1 heteroatoms. The van der Waals surface area contributed by atoms with E-state index in [1.54, 1.807) is 0 Å². The van der Waals surface area contributed by atoms with E-state index in [2.05, 4.69) is 47.6 Å². The van der Waals surface area contributed by atoms with Crippen LogP contribution in [0.4, 0.5) is 0 Å². The molecule has 0 aliphatic heterocycles. The average molecular weight is 167 g/mol. The second kappa shape index (κ2) is 3.94. The van der Waals surface area contributed by atoms with Gasteiger partial charge in [-0.05, 0) is 17.8 Å². The molecule has 0 saturated carbocycles. The number of rotatable bonds is 3. The SMILES string of the molecule is CC(C)C(C#N)(C(C)C)C(C)C. The minimum Gasteiger partial charge on any atom is -0.198 e. The lowest BCUT2D eigenvalue weighted by Gasteiger charge is -2.38. The minimum atomic E-state index is -0.153. The third kappa shape index (κ3) is 1.63. The predicted molar refractivity (Wildman–Crippen MR) is 52.6 cm³/mol. The minimum absolute atomic E-state index is 0.153. The normalized spacial score (nSPS) is 12.7. The van der Waals surface area contributed by atoms with Crippen LogP contribution in [0.2, 0.25) is 0 Å². The van der Waals surface area contributed by atoms with E-state index in [-0.39, 0.29) is 5.41 Å². The lowest BCUT2D eigenvalue weighted by molar-refractivity contribution is 0.120. The zero-order chi connectivity index (χ0) is 9.94. The van der Waals surface area contributed by atoms with Crippen molar-refractivity contribution < 1.29 is 0 Å². The standard InChI is InChI=1S/C11H21N/c1-8(2)11(7-12,9(3)4)10(5)6/h8-10H,1-6H3. The van der Waals surface area contributed by atoms with Crippen LogP contribution >= 0.6 is 0 Å². The van der Waals surface area contributed by atoms with Gasteiger partial charge in [-0.1, -0.05) is 41.5 Å². The monoisotopic (exact) mass is 167 g/mol. The highest BCUT2D eigenvalue weighted by molar-refractivity contribution is 5.04. The Hall–Kier alpha value is -0.510. The van der Waals surface area contributed by atoms with Gasteiger partial charge in [0.15, 0.2) is 0 Å². The molecular formula is C11H21N. The van der Waals surface area contributed by atoms with Gasteiger partial charge in [0.25, 0.3) is 0 Å². The number of nitriles is 1. The Morgan fingerprint density at radius 3 is 1.08 bits per heavy atom. The van der Waals surface area contributed by atoms with Crippen molar-refractivity contribution in [3.63, 3.8) is 0 Å². The fourth-order valence-corrected chi connectivity index (χ4v) is 2.39. The lowest BCUT2D eigenvalue weighted by Crippen LogP contribution is -2.36. The molecule has 0 unspecified atom stereocenters. The third-order valence-corrected chi connectivity index (χ3v) is 3.06. The summed E-state index contributed by atoms with van der Waals surface area (Å²) in [4.78, 5) is 0. The maximum Gasteiger partial charge on any atom is 0.0697 e. The number of hydrogen-bond acceptors (Lipinski definition) is 1. The molecule has 0 rings (SSSR count). The van der Waals surface area contributed by atoms with Gasteiger partial charge in [-0.15, -0.1) is 0 Å². The molecule has 0 fully saturated rings. The predicted octanol–water partition coefficient (Wildman–Crippen LogP) is 3.46. The van der Waals surface area contributed by atoms with E-state index in [4.69, 9.17) is 0 Å². The molecule has 0 aliphatic rings. The van der Waals surface area contributed by atoms with Crippen LogP contribution in [-0.2, 0) is 0 Å². The Kier molecular flexibility index (Phi) is 3.77. The summed E-state index contributed by atoms with van der Waals surface area (Å²) in [6.45, 7) is 12.9. The van der Waals surface area contributed by atoms with Crippen LogP contribution in [0.3, 0.4) is 0 Å². The van der Waals surface area contributed by atoms with Gasteiger partial charge in [-0.25, -0.2) is 0 Å². The smallest absolute Gasteiger partial charge is 0.0697 e. The Bertz CT molecular complexity index is 150. The molecule has 0 aromatic rings. The van der Waals surface area contributed by atoms with Gasteiger partial charge in [0.2, 0.25) is 0 Å². The van der Waals surface area contributed by atoms with Crippen molar-refractivity contribution >= 4 is 0 Å². The molecule has 12 heavy (non-hydrogen) atoms. The highest BCUT2D eigenvalue weighted by Gasteiger charge is 2.40. The first-order valence-electron chi connectivity index (χ1n) is 4.80. The van der Waals surface area contributed by atoms with Gasteiger partial charge in [-0.2, -0.15) is 5.26 Å². The van der Waals surface area contributed by atoms with Gasteiger partial charge in [-0.3, -0.25) is 0 Å². The summed E-state index contributed by atoms with van der Waals surface area (Å²) >= 11 is 0. The molecule has 0 atom stereocenters. The number of hydrogen-bond donors (Lipinski definition) is 0. The van der Waals surface area contributed by atoms with E-state index >= 15 is 0 Å². The average Bonchev–Trinajstić information content (AvgIpc) is 1.86. The first kappa shape index (κ1) is 11.5. The van der Waals surface area contributed by atoms with E-state index in [0.29, 0.717) is 17.8 Å². The second-order valence-corrected chi connectivity index (χ2v) is 4.51. The molecular weight excluding hydrogens is 146 g/mol. The van der Waals surface area contributed by atoms with Crippen molar-refractivity contribution in [2.75, 3.05) is 0 Å². The van der Waals surface area contributed by atoms with E-state index in [0.717, 1.165) is 0 Å². The van der Waals surface area contributed by atoms with Gasteiger partial charge in [0.1, 0.15) is 0 Å².